The van der Waals surface area contributed by atoms with Crippen molar-refractivity contribution in [3.63, 3.8) is 0 Å². The van der Waals surface area contributed by atoms with Gasteiger partial charge in [-0.25, -0.2) is 0 Å². The normalized spacial score (nSPS) is 14.5. The van der Waals surface area contributed by atoms with E-state index in [9.17, 15) is 9.59 Å². The Labute approximate surface area is 161 Å². The van der Waals surface area contributed by atoms with E-state index in [2.05, 4.69) is 10.6 Å². The second kappa shape index (κ2) is 7.17. The summed E-state index contributed by atoms with van der Waals surface area (Å²) < 4.78 is 5.27. The quantitative estimate of drug-likeness (QED) is 0.726. The highest BCUT2D eigenvalue weighted by atomic mass is 35.5. The molecular weight excluding hydrogens is 375 g/mol. The number of nitrogens with one attached hydrogen (secondary N) is 2. The third-order valence-corrected chi connectivity index (χ3v) is 5.21. The average Bonchev–Trinajstić information content (AvgIpc) is 3.42. The molecule has 2 aromatic carbocycles. The van der Waals surface area contributed by atoms with Gasteiger partial charge in [-0.2, -0.15) is 0 Å². The highest BCUT2D eigenvalue weighted by Crippen LogP contribution is 2.48. The minimum absolute atomic E-state index is 0.368. The maximum Gasteiger partial charge on any atom is 0.240 e. The summed E-state index contributed by atoms with van der Waals surface area (Å²) in [6.07, 6.45) is 0.952. The fourth-order valence-electron chi connectivity index (χ4n) is 2.66. The Bertz CT molecular complexity index is 879. The van der Waals surface area contributed by atoms with Gasteiger partial charge in [-0.05, 0) is 43.5 Å². The Balaban J connectivity index is 1.78. The van der Waals surface area contributed by atoms with Gasteiger partial charge < -0.3 is 15.4 Å². The van der Waals surface area contributed by atoms with Crippen molar-refractivity contribution in [2.24, 2.45) is 5.41 Å². The van der Waals surface area contributed by atoms with Crippen LogP contribution in [0.25, 0.3) is 0 Å². The number of hydrogen-bond donors (Lipinski definition) is 2. The number of carbonyl (C=O) groups excluding carboxylic acids is 2. The lowest BCUT2D eigenvalue weighted by atomic mass is 10.0. The van der Waals surface area contributed by atoms with E-state index in [0.717, 1.165) is 5.56 Å². The molecule has 0 aromatic heterocycles. The zero-order valence-electron chi connectivity index (χ0n) is 14.4. The lowest BCUT2D eigenvalue weighted by molar-refractivity contribution is -0.131. The molecule has 0 radical (unpaired) electrons. The molecular formula is C19H18Cl2N2O3. The van der Waals surface area contributed by atoms with Crippen molar-refractivity contribution in [1.82, 2.24) is 0 Å². The van der Waals surface area contributed by atoms with Crippen LogP contribution in [0.15, 0.2) is 36.4 Å². The van der Waals surface area contributed by atoms with Crippen LogP contribution in [0.2, 0.25) is 10.0 Å². The molecule has 0 bridgehead atoms. The molecule has 0 unspecified atom stereocenters. The van der Waals surface area contributed by atoms with Crippen molar-refractivity contribution in [2.75, 3.05) is 17.7 Å². The zero-order valence-corrected chi connectivity index (χ0v) is 15.9. The molecule has 2 N–H and O–H groups in total. The van der Waals surface area contributed by atoms with Crippen molar-refractivity contribution in [3.8, 4) is 5.75 Å². The van der Waals surface area contributed by atoms with E-state index in [1.54, 1.807) is 36.4 Å². The molecule has 0 spiro atoms. The predicted molar refractivity (Wildman–Crippen MR) is 103 cm³/mol. The van der Waals surface area contributed by atoms with Crippen LogP contribution in [0.3, 0.4) is 0 Å². The van der Waals surface area contributed by atoms with E-state index in [1.165, 1.54) is 7.11 Å². The Morgan fingerprint density at radius 3 is 2.19 bits per heavy atom. The van der Waals surface area contributed by atoms with Gasteiger partial charge in [0.2, 0.25) is 11.8 Å². The number of rotatable bonds is 5. The van der Waals surface area contributed by atoms with E-state index in [0.29, 0.717) is 40.0 Å². The van der Waals surface area contributed by atoms with Crippen LogP contribution in [0.5, 0.6) is 5.75 Å². The summed E-state index contributed by atoms with van der Waals surface area (Å²) in [7, 11) is 1.49. The standard InChI is InChI=1S/C19H18Cl2N2O3/c1-11-9-15(16(26-2)10-13(11)21)23-18(25)19(7-8-19)17(24)22-14-6-4-3-5-12(14)20/h3-6,9-10H,7-8H2,1-2H3,(H,22,24)(H,23,25). The second-order valence-electron chi connectivity index (χ2n) is 6.27. The molecule has 1 saturated carbocycles. The molecule has 2 aromatic rings. The number of amides is 2. The van der Waals surface area contributed by atoms with Gasteiger partial charge in [-0.15, -0.1) is 0 Å². The Morgan fingerprint density at radius 1 is 1.00 bits per heavy atom. The molecule has 26 heavy (non-hydrogen) atoms. The van der Waals surface area contributed by atoms with Crippen molar-refractivity contribution in [1.29, 1.82) is 0 Å². The first-order valence-corrected chi connectivity index (χ1v) is 8.84. The van der Waals surface area contributed by atoms with Crippen LogP contribution in [-0.4, -0.2) is 18.9 Å². The summed E-state index contributed by atoms with van der Waals surface area (Å²) in [5.41, 5.74) is 0.667. The Hall–Kier alpha value is -2.24. The first-order valence-electron chi connectivity index (χ1n) is 8.09. The number of anilines is 2. The summed E-state index contributed by atoms with van der Waals surface area (Å²) in [6.45, 7) is 1.83. The van der Waals surface area contributed by atoms with E-state index >= 15 is 0 Å². The van der Waals surface area contributed by atoms with Crippen LogP contribution in [0.1, 0.15) is 18.4 Å². The number of methoxy groups -OCH3 is 1. The topological polar surface area (TPSA) is 67.4 Å². The predicted octanol–water partition coefficient (Wildman–Crippen LogP) is 4.67. The fraction of sp³-hybridized carbons (Fsp3) is 0.263. The molecule has 0 aliphatic heterocycles. The van der Waals surface area contributed by atoms with Gasteiger partial charge in [0.05, 0.1) is 23.5 Å². The van der Waals surface area contributed by atoms with Gasteiger partial charge in [0.1, 0.15) is 11.2 Å². The minimum atomic E-state index is -1.10. The van der Waals surface area contributed by atoms with Crippen molar-refractivity contribution >= 4 is 46.4 Å². The molecule has 5 nitrogen and oxygen atoms in total. The fourth-order valence-corrected chi connectivity index (χ4v) is 3.00. The molecule has 7 heteroatoms. The van der Waals surface area contributed by atoms with Crippen LogP contribution in [-0.2, 0) is 9.59 Å². The van der Waals surface area contributed by atoms with Crippen LogP contribution < -0.4 is 15.4 Å². The smallest absolute Gasteiger partial charge is 0.240 e. The number of hydrogen-bond acceptors (Lipinski definition) is 3. The first-order chi connectivity index (χ1) is 12.4. The first kappa shape index (κ1) is 18.5. The van der Waals surface area contributed by atoms with Crippen LogP contribution in [0, 0.1) is 12.3 Å². The molecule has 3 rings (SSSR count). The second-order valence-corrected chi connectivity index (χ2v) is 7.09. The van der Waals surface area contributed by atoms with E-state index in [-0.39, 0.29) is 11.8 Å². The summed E-state index contributed by atoms with van der Waals surface area (Å²) >= 11 is 12.2. The Morgan fingerprint density at radius 2 is 1.62 bits per heavy atom. The third-order valence-electron chi connectivity index (χ3n) is 4.47. The highest BCUT2D eigenvalue weighted by molar-refractivity contribution is 6.34. The Kier molecular flexibility index (Phi) is 5.12. The number of carbonyl (C=O) groups is 2. The average molecular weight is 393 g/mol. The molecule has 2 amide bonds. The lowest BCUT2D eigenvalue weighted by Gasteiger charge is -2.18. The minimum Gasteiger partial charge on any atom is -0.495 e. The summed E-state index contributed by atoms with van der Waals surface area (Å²) in [6, 6.07) is 10.3. The van der Waals surface area contributed by atoms with Crippen molar-refractivity contribution < 1.29 is 14.3 Å². The van der Waals surface area contributed by atoms with Gasteiger partial charge in [-0.1, -0.05) is 35.3 Å². The number of benzene rings is 2. The molecule has 1 aliphatic rings. The van der Waals surface area contributed by atoms with Crippen molar-refractivity contribution in [3.05, 3.63) is 52.0 Å². The third kappa shape index (κ3) is 3.50. The zero-order chi connectivity index (χ0) is 18.9. The molecule has 0 saturated heterocycles. The van der Waals surface area contributed by atoms with Crippen molar-refractivity contribution in [2.45, 2.75) is 19.8 Å². The summed E-state index contributed by atoms with van der Waals surface area (Å²) in [5.74, 6) is -0.300. The van der Waals surface area contributed by atoms with E-state index in [4.69, 9.17) is 27.9 Å². The maximum absolute atomic E-state index is 12.8. The molecule has 1 aliphatic carbocycles. The number of para-hydroxylation sites is 1. The molecule has 136 valence electrons. The SMILES string of the molecule is COc1cc(Cl)c(C)cc1NC(=O)C1(C(=O)Nc2ccccc2Cl)CC1. The van der Waals surface area contributed by atoms with E-state index < -0.39 is 5.41 Å². The molecule has 0 heterocycles. The summed E-state index contributed by atoms with van der Waals surface area (Å²) in [5, 5.41) is 6.50. The summed E-state index contributed by atoms with van der Waals surface area (Å²) in [4.78, 5) is 25.5. The lowest BCUT2D eigenvalue weighted by Crippen LogP contribution is -2.35. The van der Waals surface area contributed by atoms with Gasteiger partial charge in [0, 0.05) is 11.1 Å². The number of ether oxygens (including phenoxy) is 1. The van der Waals surface area contributed by atoms with Crippen LogP contribution >= 0.6 is 23.2 Å². The number of halogens is 2. The van der Waals surface area contributed by atoms with Gasteiger partial charge in [-0.3, -0.25) is 9.59 Å². The monoisotopic (exact) mass is 392 g/mol. The van der Waals surface area contributed by atoms with Gasteiger partial charge in [0.25, 0.3) is 0 Å². The van der Waals surface area contributed by atoms with Gasteiger partial charge >= 0.3 is 0 Å². The largest absolute Gasteiger partial charge is 0.495 e. The maximum atomic E-state index is 12.8. The molecule has 0 atom stereocenters. The highest BCUT2D eigenvalue weighted by Gasteiger charge is 2.56. The van der Waals surface area contributed by atoms with Crippen LogP contribution in [0.4, 0.5) is 11.4 Å². The molecule has 1 fully saturated rings. The van der Waals surface area contributed by atoms with E-state index in [1.807, 2.05) is 6.92 Å². The number of aryl methyl sites for hydroxylation is 1. The van der Waals surface area contributed by atoms with Gasteiger partial charge in [0.15, 0.2) is 0 Å².